The normalized spacial score (nSPS) is 27.8. The van der Waals surface area contributed by atoms with Crippen molar-refractivity contribution in [2.45, 2.75) is 69.1 Å². The molecule has 2 aromatic rings. The monoisotopic (exact) mass is 446 g/mol. The maximum atomic E-state index is 11.4. The Bertz CT molecular complexity index is 937. The molecule has 2 atom stereocenters. The number of fused-ring (bicyclic) bond motifs is 3. The molecule has 0 spiro atoms. The molecule has 1 saturated heterocycles. The summed E-state index contributed by atoms with van der Waals surface area (Å²) in [4.78, 5) is 25.1. The highest BCUT2D eigenvalue weighted by atomic mass is 32.1. The van der Waals surface area contributed by atoms with Gasteiger partial charge in [-0.25, -0.2) is 9.97 Å². The molecule has 1 amide bonds. The van der Waals surface area contributed by atoms with Gasteiger partial charge in [0.05, 0.1) is 18.6 Å². The van der Waals surface area contributed by atoms with E-state index in [4.69, 9.17) is 15.2 Å². The number of morpholine rings is 1. The maximum Gasteiger partial charge on any atom is 0.246 e. The first-order valence-electron chi connectivity index (χ1n) is 11.3. The van der Waals surface area contributed by atoms with Gasteiger partial charge < -0.3 is 20.3 Å². The summed E-state index contributed by atoms with van der Waals surface area (Å²) in [5.41, 5.74) is 6.45. The van der Waals surface area contributed by atoms with Crippen LogP contribution in [0.3, 0.4) is 0 Å². The molecule has 31 heavy (non-hydrogen) atoms. The van der Waals surface area contributed by atoms with Crippen LogP contribution in [0.15, 0.2) is 6.33 Å². The highest BCUT2D eigenvalue weighted by molar-refractivity contribution is 7.19. The second kappa shape index (κ2) is 8.97. The second-order valence-corrected chi connectivity index (χ2v) is 9.97. The van der Waals surface area contributed by atoms with Crippen molar-refractivity contribution in [3.63, 3.8) is 0 Å². The maximum absolute atomic E-state index is 11.4. The number of aryl methyl sites for hydroxylation is 1. The molecule has 1 saturated carbocycles. The molecule has 0 bridgehead atoms. The summed E-state index contributed by atoms with van der Waals surface area (Å²) >= 11 is 1.67. The predicted molar refractivity (Wildman–Crippen MR) is 117 cm³/mol. The molecule has 3 N–H and O–H groups in total. The fourth-order valence-electron chi connectivity index (χ4n) is 5.38. The highest BCUT2D eigenvalue weighted by Gasteiger charge is 2.34. The summed E-state index contributed by atoms with van der Waals surface area (Å²) in [6, 6.07) is 0.624. The van der Waals surface area contributed by atoms with Crippen LogP contribution in [0.25, 0.3) is 10.2 Å². The van der Waals surface area contributed by atoms with Crippen LogP contribution in [0, 0.1) is 0 Å². The quantitative estimate of drug-likeness (QED) is 0.698. The van der Waals surface area contributed by atoms with Crippen molar-refractivity contribution in [2.75, 3.05) is 26.3 Å². The van der Waals surface area contributed by atoms with Crippen LogP contribution in [0.5, 0.6) is 5.88 Å². The van der Waals surface area contributed by atoms with Gasteiger partial charge in [-0.1, -0.05) is 0 Å². The van der Waals surface area contributed by atoms with E-state index >= 15 is 0 Å². The zero-order valence-electron chi connectivity index (χ0n) is 17.7. The standard InChI is InChI=1S/C22H30N4O4S/c23-20(28)16(27)11-13-1-6-17-18(13)19-21(24-12-25-22(19)31-17)30-15-4-2-14(3-5-15)26-7-9-29-10-8-26/h12-16,27H,1-11H2,(H2,23,28)/t13-,14?,15?,16+/m1/s1. The Morgan fingerprint density at radius 1 is 1.26 bits per heavy atom. The fourth-order valence-corrected chi connectivity index (χ4v) is 6.61. The third-order valence-electron chi connectivity index (χ3n) is 7.02. The van der Waals surface area contributed by atoms with E-state index in [9.17, 15) is 9.90 Å². The zero-order chi connectivity index (χ0) is 21.4. The van der Waals surface area contributed by atoms with Crippen molar-refractivity contribution < 1.29 is 19.4 Å². The van der Waals surface area contributed by atoms with Gasteiger partial charge >= 0.3 is 0 Å². The largest absolute Gasteiger partial charge is 0.474 e. The Kier molecular flexibility index (Phi) is 6.10. The summed E-state index contributed by atoms with van der Waals surface area (Å²) in [5, 5.41) is 11.0. The van der Waals surface area contributed by atoms with Crippen LogP contribution >= 0.6 is 11.3 Å². The average Bonchev–Trinajstić information content (AvgIpc) is 3.35. The number of nitrogens with two attached hydrogens (primary N) is 1. The molecule has 1 aliphatic heterocycles. The average molecular weight is 447 g/mol. The van der Waals surface area contributed by atoms with Crippen LogP contribution in [-0.2, 0) is 16.0 Å². The van der Waals surface area contributed by atoms with E-state index in [1.807, 2.05) is 0 Å². The lowest BCUT2D eigenvalue weighted by atomic mass is 9.91. The number of nitrogens with zero attached hydrogens (tertiary/aromatic N) is 3. The first kappa shape index (κ1) is 21.1. The van der Waals surface area contributed by atoms with Gasteiger partial charge in [-0.05, 0) is 56.4 Å². The Morgan fingerprint density at radius 3 is 2.77 bits per heavy atom. The van der Waals surface area contributed by atoms with E-state index in [0.29, 0.717) is 18.3 Å². The number of aromatic nitrogens is 2. The predicted octanol–water partition coefficient (Wildman–Crippen LogP) is 1.98. The topological polar surface area (TPSA) is 111 Å². The number of aliphatic hydroxyl groups excluding tert-OH is 1. The molecular formula is C22H30N4O4S. The van der Waals surface area contributed by atoms with Gasteiger partial charge in [-0.2, -0.15) is 0 Å². The summed E-state index contributed by atoms with van der Waals surface area (Å²) in [5.74, 6) is 0.0622. The van der Waals surface area contributed by atoms with Crippen LogP contribution < -0.4 is 10.5 Å². The third kappa shape index (κ3) is 4.28. The molecule has 2 aliphatic carbocycles. The van der Waals surface area contributed by atoms with E-state index in [1.54, 1.807) is 17.7 Å². The molecule has 8 nitrogen and oxygen atoms in total. The highest BCUT2D eigenvalue weighted by Crippen LogP contribution is 2.47. The zero-order valence-corrected chi connectivity index (χ0v) is 18.5. The molecule has 3 aliphatic rings. The fraction of sp³-hybridized carbons (Fsp3) is 0.682. The molecule has 168 valence electrons. The summed E-state index contributed by atoms with van der Waals surface area (Å²) in [7, 11) is 0. The van der Waals surface area contributed by atoms with E-state index < -0.39 is 12.0 Å². The van der Waals surface area contributed by atoms with Gasteiger partial charge in [0.2, 0.25) is 11.8 Å². The number of carbonyl (C=O) groups is 1. The number of rotatable bonds is 6. The first-order chi connectivity index (χ1) is 15.1. The van der Waals surface area contributed by atoms with Crippen molar-refractivity contribution in [1.82, 2.24) is 14.9 Å². The summed E-state index contributed by atoms with van der Waals surface area (Å²) < 4.78 is 11.9. The van der Waals surface area contributed by atoms with Gasteiger partial charge in [0.25, 0.3) is 0 Å². The lowest BCUT2D eigenvalue weighted by Gasteiger charge is -2.38. The van der Waals surface area contributed by atoms with Crippen molar-refractivity contribution in [3.05, 3.63) is 16.8 Å². The number of primary amides is 1. The molecule has 2 fully saturated rings. The molecular weight excluding hydrogens is 416 g/mol. The van der Waals surface area contributed by atoms with E-state index in [1.165, 1.54) is 4.88 Å². The Labute approximate surface area is 185 Å². The third-order valence-corrected chi connectivity index (χ3v) is 8.19. The summed E-state index contributed by atoms with van der Waals surface area (Å²) in [6.45, 7) is 3.74. The Balaban J connectivity index is 1.31. The number of ether oxygens (including phenoxy) is 2. The van der Waals surface area contributed by atoms with Crippen molar-refractivity contribution in [2.24, 2.45) is 5.73 Å². The SMILES string of the molecule is NC(=O)[C@@H](O)C[C@H]1CCc2sc3ncnc(OC4CCC(N5CCOCC5)CC4)c3c21. The van der Waals surface area contributed by atoms with Gasteiger partial charge in [-0.15, -0.1) is 11.3 Å². The van der Waals surface area contributed by atoms with Crippen LogP contribution in [0.1, 0.15) is 54.9 Å². The number of thiophene rings is 1. The van der Waals surface area contributed by atoms with Gasteiger partial charge in [0.15, 0.2) is 0 Å². The van der Waals surface area contributed by atoms with Crippen molar-refractivity contribution >= 4 is 27.5 Å². The molecule has 0 unspecified atom stereocenters. The molecule has 0 aromatic carbocycles. The molecule has 0 radical (unpaired) electrons. The van der Waals surface area contributed by atoms with E-state index in [2.05, 4.69) is 14.9 Å². The van der Waals surface area contributed by atoms with Gasteiger partial charge in [0, 0.05) is 24.0 Å². The van der Waals surface area contributed by atoms with Crippen molar-refractivity contribution in [3.8, 4) is 5.88 Å². The number of aliphatic hydroxyl groups is 1. The lowest BCUT2D eigenvalue weighted by molar-refractivity contribution is -0.126. The minimum absolute atomic E-state index is 0.0802. The number of hydrogen-bond donors (Lipinski definition) is 2. The van der Waals surface area contributed by atoms with E-state index in [0.717, 1.165) is 80.6 Å². The van der Waals surface area contributed by atoms with Crippen LogP contribution in [-0.4, -0.2) is 70.4 Å². The molecule has 3 heterocycles. The summed E-state index contributed by atoms with van der Waals surface area (Å²) in [6.07, 6.45) is 7.08. The minimum atomic E-state index is -1.13. The lowest BCUT2D eigenvalue weighted by Crippen LogP contribution is -2.46. The van der Waals surface area contributed by atoms with Crippen molar-refractivity contribution in [1.29, 1.82) is 0 Å². The molecule has 5 rings (SSSR count). The Hall–Kier alpha value is -1.81. The number of amides is 1. The second-order valence-electron chi connectivity index (χ2n) is 8.88. The van der Waals surface area contributed by atoms with Crippen LogP contribution in [0.2, 0.25) is 0 Å². The van der Waals surface area contributed by atoms with Gasteiger partial charge in [-0.3, -0.25) is 9.69 Å². The minimum Gasteiger partial charge on any atom is -0.474 e. The Morgan fingerprint density at radius 2 is 2.03 bits per heavy atom. The van der Waals surface area contributed by atoms with Gasteiger partial charge in [0.1, 0.15) is 23.4 Å². The molecule has 2 aromatic heterocycles. The molecule has 9 heteroatoms. The number of hydrogen-bond acceptors (Lipinski definition) is 8. The van der Waals surface area contributed by atoms with Crippen LogP contribution in [0.4, 0.5) is 0 Å². The first-order valence-corrected chi connectivity index (χ1v) is 12.1. The van der Waals surface area contributed by atoms with E-state index in [-0.39, 0.29) is 12.0 Å². The number of carbonyl (C=O) groups excluding carboxylic acids is 1. The smallest absolute Gasteiger partial charge is 0.246 e.